The van der Waals surface area contributed by atoms with E-state index in [1.165, 1.54) is 0 Å². The average molecular weight is 388 g/mol. The molecule has 0 bridgehead atoms. The number of pyridine rings is 1. The zero-order valence-electron chi connectivity index (χ0n) is 12.8. The minimum absolute atomic E-state index is 0.386. The second-order valence-corrected chi connectivity index (χ2v) is 7.10. The van der Waals surface area contributed by atoms with Crippen LogP contribution in [0.5, 0.6) is 0 Å². The van der Waals surface area contributed by atoms with Crippen LogP contribution in [0, 0.1) is 0 Å². The summed E-state index contributed by atoms with van der Waals surface area (Å²) in [5, 5.41) is 10.3. The van der Waals surface area contributed by atoms with E-state index in [1.807, 2.05) is 24.3 Å². The fourth-order valence-electron chi connectivity index (χ4n) is 2.42. The Kier molecular flexibility index (Phi) is 4.61. The normalized spacial score (nSPS) is 11.1. The van der Waals surface area contributed by atoms with Crippen molar-refractivity contribution >= 4 is 45.9 Å². The molecule has 0 fully saturated rings. The van der Waals surface area contributed by atoms with E-state index in [-0.39, 0.29) is 0 Å². The molecule has 0 spiro atoms. The molecule has 25 heavy (non-hydrogen) atoms. The molecule has 0 radical (unpaired) electrons. The zero-order chi connectivity index (χ0) is 17.2. The first-order chi connectivity index (χ1) is 12.2. The third-order valence-corrected chi connectivity index (χ3v) is 5.19. The SMILES string of the molecule is Clc1ccc(-c2nnc(CSc3ccnc4ccccc34)o2)c(Cl)c1. The van der Waals surface area contributed by atoms with Crippen LogP contribution in [0.4, 0.5) is 0 Å². The topological polar surface area (TPSA) is 51.8 Å². The fourth-order valence-corrected chi connectivity index (χ4v) is 3.79. The average Bonchev–Trinajstić information content (AvgIpc) is 3.08. The van der Waals surface area contributed by atoms with Crippen molar-refractivity contribution in [2.24, 2.45) is 0 Å². The van der Waals surface area contributed by atoms with Crippen molar-refractivity contribution in [1.82, 2.24) is 15.2 Å². The number of thioether (sulfide) groups is 1. The molecular weight excluding hydrogens is 377 g/mol. The third kappa shape index (κ3) is 3.49. The predicted octanol–water partition coefficient (Wildman–Crippen LogP) is 5.88. The Hall–Kier alpha value is -2.08. The maximum atomic E-state index is 6.19. The summed E-state index contributed by atoms with van der Waals surface area (Å²) in [6.07, 6.45) is 1.80. The first-order valence-corrected chi connectivity index (χ1v) is 9.19. The van der Waals surface area contributed by atoms with Gasteiger partial charge in [-0.3, -0.25) is 4.98 Å². The van der Waals surface area contributed by atoms with Crippen LogP contribution >= 0.6 is 35.0 Å². The summed E-state index contributed by atoms with van der Waals surface area (Å²) in [4.78, 5) is 5.49. The molecule has 2 aromatic carbocycles. The van der Waals surface area contributed by atoms with E-state index < -0.39 is 0 Å². The summed E-state index contributed by atoms with van der Waals surface area (Å²) < 4.78 is 5.74. The van der Waals surface area contributed by atoms with Gasteiger partial charge in [-0.05, 0) is 30.3 Å². The number of aromatic nitrogens is 3. The van der Waals surface area contributed by atoms with Crippen LogP contribution in [0.3, 0.4) is 0 Å². The molecule has 0 aliphatic heterocycles. The summed E-state index contributed by atoms with van der Waals surface area (Å²) in [5.74, 6) is 1.48. The molecule has 0 saturated carbocycles. The van der Waals surface area contributed by atoms with E-state index in [0.29, 0.717) is 33.1 Å². The lowest BCUT2D eigenvalue weighted by molar-refractivity contribution is 0.528. The molecule has 0 amide bonds. The van der Waals surface area contributed by atoms with E-state index in [1.54, 1.807) is 36.2 Å². The lowest BCUT2D eigenvalue weighted by Crippen LogP contribution is -1.84. The van der Waals surface area contributed by atoms with Gasteiger partial charge in [-0.25, -0.2) is 0 Å². The van der Waals surface area contributed by atoms with Gasteiger partial charge in [0.05, 0.1) is 21.9 Å². The van der Waals surface area contributed by atoms with Crippen LogP contribution in [-0.4, -0.2) is 15.2 Å². The summed E-state index contributed by atoms with van der Waals surface area (Å²) in [5.41, 5.74) is 1.64. The monoisotopic (exact) mass is 387 g/mol. The van der Waals surface area contributed by atoms with Gasteiger partial charge >= 0.3 is 0 Å². The van der Waals surface area contributed by atoms with E-state index in [4.69, 9.17) is 27.6 Å². The minimum Gasteiger partial charge on any atom is -0.420 e. The number of hydrogen-bond donors (Lipinski definition) is 0. The Morgan fingerprint density at radius 2 is 1.88 bits per heavy atom. The summed E-state index contributed by atoms with van der Waals surface area (Å²) in [6.45, 7) is 0. The van der Waals surface area contributed by atoms with Crippen molar-refractivity contribution in [3.63, 3.8) is 0 Å². The second kappa shape index (κ2) is 7.04. The van der Waals surface area contributed by atoms with E-state index in [0.717, 1.165) is 15.8 Å². The summed E-state index contributed by atoms with van der Waals surface area (Å²) >= 11 is 13.7. The van der Waals surface area contributed by atoms with Gasteiger partial charge in [0.15, 0.2) is 0 Å². The molecule has 4 aromatic rings. The third-order valence-electron chi connectivity index (χ3n) is 3.59. The van der Waals surface area contributed by atoms with Gasteiger partial charge in [0.25, 0.3) is 0 Å². The number of nitrogens with zero attached hydrogens (tertiary/aromatic N) is 3. The Labute approximate surface area is 158 Å². The highest BCUT2D eigenvalue weighted by molar-refractivity contribution is 7.98. The van der Waals surface area contributed by atoms with Crippen molar-refractivity contribution in [2.75, 3.05) is 0 Å². The van der Waals surface area contributed by atoms with Gasteiger partial charge in [-0.1, -0.05) is 41.4 Å². The second-order valence-electron chi connectivity index (χ2n) is 5.24. The maximum Gasteiger partial charge on any atom is 0.249 e. The van der Waals surface area contributed by atoms with Gasteiger partial charge < -0.3 is 4.42 Å². The quantitative estimate of drug-likeness (QED) is 0.409. The van der Waals surface area contributed by atoms with Crippen molar-refractivity contribution in [3.8, 4) is 11.5 Å². The van der Waals surface area contributed by atoms with Crippen molar-refractivity contribution in [1.29, 1.82) is 0 Å². The Morgan fingerprint density at radius 3 is 2.76 bits per heavy atom. The Balaban J connectivity index is 1.55. The molecule has 2 aromatic heterocycles. The first kappa shape index (κ1) is 16.4. The highest BCUT2D eigenvalue weighted by Gasteiger charge is 2.13. The molecule has 0 aliphatic carbocycles. The van der Waals surface area contributed by atoms with Crippen LogP contribution in [0.1, 0.15) is 5.89 Å². The molecule has 7 heteroatoms. The first-order valence-electron chi connectivity index (χ1n) is 7.45. The van der Waals surface area contributed by atoms with Gasteiger partial charge in [0, 0.05) is 21.5 Å². The van der Waals surface area contributed by atoms with Crippen LogP contribution in [-0.2, 0) is 5.75 Å². The Bertz CT molecular complexity index is 1050. The highest BCUT2D eigenvalue weighted by Crippen LogP contribution is 2.32. The summed E-state index contributed by atoms with van der Waals surface area (Å²) in [6, 6.07) is 15.2. The van der Waals surface area contributed by atoms with E-state index >= 15 is 0 Å². The van der Waals surface area contributed by atoms with Gasteiger partial charge in [-0.2, -0.15) is 0 Å². The smallest absolute Gasteiger partial charge is 0.249 e. The van der Waals surface area contributed by atoms with Crippen LogP contribution in [0.25, 0.3) is 22.4 Å². The number of hydrogen-bond acceptors (Lipinski definition) is 5. The molecule has 0 aliphatic rings. The molecule has 0 saturated heterocycles. The van der Waals surface area contributed by atoms with Crippen molar-refractivity contribution in [3.05, 3.63) is 70.7 Å². The minimum atomic E-state index is 0.386. The number of fused-ring (bicyclic) bond motifs is 1. The molecule has 4 rings (SSSR count). The number of halogens is 2. The molecule has 0 atom stereocenters. The molecule has 0 N–H and O–H groups in total. The van der Waals surface area contributed by atoms with Crippen molar-refractivity contribution in [2.45, 2.75) is 10.6 Å². The van der Waals surface area contributed by atoms with Crippen molar-refractivity contribution < 1.29 is 4.42 Å². The molecule has 0 unspecified atom stereocenters. The molecule has 2 heterocycles. The number of rotatable bonds is 4. The van der Waals surface area contributed by atoms with E-state index in [2.05, 4.69) is 21.2 Å². The number of para-hydroxylation sites is 1. The lowest BCUT2D eigenvalue weighted by atomic mass is 10.2. The summed E-state index contributed by atoms with van der Waals surface area (Å²) in [7, 11) is 0. The standard InChI is InChI=1S/C18H11Cl2N3OS/c19-11-5-6-12(14(20)9-11)18-23-22-17(24-18)10-25-16-7-8-21-15-4-2-1-3-13(15)16/h1-9H,10H2. The van der Waals surface area contributed by atoms with Crippen LogP contribution < -0.4 is 0 Å². The largest absolute Gasteiger partial charge is 0.420 e. The van der Waals surface area contributed by atoms with Gasteiger partial charge in [-0.15, -0.1) is 22.0 Å². The highest BCUT2D eigenvalue weighted by atomic mass is 35.5. The Morgan fingerprint density at radius 1 is 1.00 bits per heavy atom. The predicted molar refractivity (Wildman–Crippen MR) is 101 cm³/mol. The zero-order valence-corrected chi connectivity index (χ0v) is 15.1. The van der Waals surface area contributed by atoms with E-state index in [9.17, 15) is 0 Å². The maximum absolute atomic E-state index is 6.19. The van der Waals surface area contributed by atoms with Crippen LogP contribution in [0.2, 0.25) is 10.0 Å². The van der Waals surface area contributed by atoms with Crippen LogP contribution in [0.15, 0.2) is 64.0 Å². The fraction of sp³-hybridized carbons (Fsp3) is 0.0556. The molecule has 124 valence electrons. The molecular formula is C18H11Cl2N3OS. The number of benzene rings is 2. The molecule has 4 nitrogen and oxygen atoms in total. The van der Waals surface area contributed by atoms with Gasteiger partial charge in [0.1, 0.15) is 0 Å². The van der Waals surface area contributed by atoms with Gasteiger partial charge in [0.2, 0.25) is 11.8 Å². The lowest BCUT2D eigenvalue weighted by Gasteiger charge is -2.03.